The molecule has 40 heavy (non-hydrogen) atoms. The van der Waals surface area contributed by atoms with E-state index in [9.17, 15) is 14.0 Å². The topological polar surface area (TPSA) is 98.8 Å². The lowest BCUT2D eigenvalue weighted by Gasteiger charge is -2.35. The highest BCUT2D eigenvalue weighted by atomic mass is 32.2. The Labute approximate surface area is 235 Å². The summed E-state index contributed by atoms with van der Waals surface area (Å²) in [6.45, 7) is 1.68. The minimum atomic E-state index is -2.85. The number of halogens is 2. The molecule has 0 bridgehead atoms. The standard InChI is InChI=1S/C29H28F2N8S/c1-40-25-5-2-20(3-6-25)18-37-8-10-38(11-9-37)27-7-4-21(15-34-27)26-12-22(23(13-32)16-35-29(30)31)19-39-28(26)24(14-33)17-36-39/h2-7,12-13,15-17,19,29H,8-11,18,32H2,1H3. The van der Waals surface area contributed by atoms with E-state index < -0.39 is 6.55 Å². The van der Waals surface area contributed by atoms with Crippen LogP contribution >= 0.6 is 11.8 Å². The van der Waals surface area contributed by atoms with Crippen LogP contribution in [0.25, 0.3) is 22.2 Å². The molecule has 0 atom stereocenters. The highest BCUT2D eigenvalue weighted by molar-refractivity contribution is 7.98. The van der Waals surface area contributed by atoms with Gasteiger partial charge in [0.05, 0.1) is 17.3 Å². The summed E-state index contributed by atoms with van der Waals surface area (Å²) in [6.07, 6.45) is 9.20. The van der Waals surface area contributed by atoms with Crippen LogP contribution in [0.4, 0.5) is 14.6 Å². The third kappa shape index (κ3) is 5.98. The number of nitrogens with zero attached hydrogens (tertiary/aromatic N) is 7. The molecule has 0 amide bonds. The van der Waals surface area contributed by atoms with Crippen LogP contribution in [-0.4, -0.2) is 64.7 Å². The number of alkyl halides is 2. The number of rotatable bonds is 8. The van der Waals surface area contributed by atoms with E-state index in [-0.39, 0.29) is 0 Å². The van der Waals surface area contributed by atoms with Gasteiger partial charge in [-0.25, -0.2) is 14.5 Å². The summed E-state index contributed by atoms with van der Waals surface area (Å²) in [6, 6.07) is 16.6. The molecule has 0 aliphatic carbocycles. The van der Waals surface area contributed by atoms with E-state index in [1.165, 1.54) is 22.9 Å². The van der Waals surface area contributed by atoms with Crippen LogP contribution < -0.4 is 10.6 Å². The van der Waals surface area contributed by atoms with E-state index in [2.05, 4.69) is 56.5 Å². The molecular formula is C29H28F2N8S. The number of aliphatic imine (C=N–C) groups is 1. The van der Waals surface area contributed by atoms with Crippen LogP contribution in [0.2, 0.25) is 0 Å². The zero-order valence-corrected chi connectivity index (χ0v) is 22.7. The van der Waals surface area contributed by atoms with E-state index in [0.29, 0.717) is 27.8 Å². The average Bonchev–Trinajstić information content (AvgIpc) is 3.41. The number of aromatic nitrogens is 3. The zero-order valence-electron chi connectivity index (χ0n) is 21.9. The first-order valence-corrected chi connectivity index (χ1v) is 13.9. The van der Waals surface area contributed by atoms with Gasteiger partial charge in [0, 0.05) is 84.7 Å². The van der Waals surface area contributed by atoms with Gasteiger partial charge in [0.25, 0.3) is 0 Å². The second-order valence-corrected chi connectivity index (χ2v) is 10.2. The third-order valence-corrected chi connectivity index (χ3v) is 7.64. The molecule has 1 fully saturated rings. The van der Waals surface area contributed by atoms with Crippen LogP contribution in [0.1, 0.15) is 16.7 Å². The summed E-state index contributed by atoms with van der Waals surface area (Å²) in [7, 11) is 0. The average molecular weight is 559 g/mol. The van der Waals surface area contributed by atoms with Crippen LogP contribution in [0.3, 0.4) is 0 Å². The van der Waals surface area contributed by atoms with Crippen molar-refractivity contribution in [1.29, 1.82) is 5.26 Å². The maximum absolute atomic E-state index is 12.7. The quantitative estimate of drug-likeness (QED) is 0.187. The fourth-order valence-corrected chi connectivity index (χ4v) is 5.20. The maximum Gasteiger partial charge on any atom is 0.331 e. The number of allylic oxidation sites excluding steroid dienone is 1. The van der Waals surface area contributed by atoms with Crippen molar-refractivity contribution in [3.05, 3.63) is 83.9 Å². The normalized spacial score (nSPS) is 14.9. The highest BCUT2D eigenvalue weighted by Gasteiger charge is 2.19. The number of hydrogen-bond acceptors (Lipinski definition) is 8. The Balaban J connectivity index is 1.35. The van der Waals surface area contributed by atoms with Gasteiger partial charge in [-0.1, -0.05) is 12.1 Å². The van der Waals surface area contributed by atoms with Crippen LogP contribution in [0.15, 0.2) is 77.1 Å². The van der Waals surface area contributed by atoms with Crippen LogP contribution in [0, 0.1) is 11.3 Å². The van der Waals surface area contributed by atoms with Gasteiger partial charge < -0.3 is 10.6 Å². The van der Waals surface area contributed by atoms with Gasteiger partial charge in [0.2, 0.25) is 0 Å². The van der Waals surface area contributed by atoms with E-state index in [0.717, 1.165) is 50.3 Å². The molecule has 1 aliphatic rings. The smallest absolute Gasteiger partial charge is 0.331 e. The molecule has 11 heteroatoms. The van der Waals surface area contributed by atoms with Crippen molar-refractivity contribution in [3.63, 3.8) is 0 Å². The summed E-state index contributed by atoms with van der Waals surface area (Å²) in [5.41, 5.74) is 10.3. The first kappa shape index (κ1) is 27.3. The first-order valence-electron chi connectivity index (χ1n) is 12.7. The largest absolute Gasteiger partial charge is 0.404 e. The summed E-state index contributed by atoms with van der Waals surface area (Å²) in [4.78, 5) is 13.9. The van der Waals surface area contributed by atoms with Crippen molar-refractivity contribution in [2.45, 2.75) is 18.0 Å². The summed E-state index contributed by atoms with van der Waals surface area (Å²) in [5.74, 6) is 0.875. The number of hydrogen-bond donors (Lipinski definition) is 1. The Kier molecular flexibility index (Phi) is 8.38. The van der Waals surface area contributed by atoms with Crippen molar-refractivity contribution >= 4 is 34.9 Å². The minimum absolute atomic E-state index is 0.306. The number of piperazine rings is 1. The van der Waals surface area contributed by atoms with Gasteiger partial charge in [-0.15, -0.1) is 11.8 Å². The number of pyridine rings is 2. The molecule has 2 N–H and O–H groups in total. The predicted octanol–water partition coefficient (Wildman–Crippen LogP) is 4.91. The number of nitriles is 1. The lowest BCUT2D eigenvalue weighted by Crippen LogP contribution is -2.46. The molecule has 5 rings (SSSR count). The lowest BCUT2D eigenvalue weighted by atomic mass is 10.0. The second-order valence-electron chi connectivity index (χ2n) is 9.30. The Bertz CT molecular complexity index is 1560. The number of nitrogens with two attached hydrogens (primary N) is 1. The van der Waals surface area contributed by atoms with Crippen molar-refractivity contribution in [3.8, 4) is 17.2 Å². The fraction of sp³-hybridized carbons (Fsp3) is 0.241. The lowest BCUT2D eigenvalue weighted by molar-refractivity contribution is 0.161. The first-order chi connectivity index (χ1) is 19.5. The molecular weight excluding hydrogens is 530 g/mol. The Morgan fingerprint density at radius 1 is 1.15 bits per heavy atom. The molecule has 1 saturated heterocycles. The van der Waals surface area contributed by atoms with Crippen LogP contribution in [0.5, 0.6) is 0 Å². The molecule has 1 aliphatic heterocycles. The highest BCUT2D eigenvalue weighted by Crippen LogP contribution is 2.31. The number of thioether (sulfide) groups is 1. The fourth-order valence-electron chi connectivity index (χ4n) is 4.79. The molecule has 204 valence electrons. The van der Waals surface area contributed by atoms with Gasteiger partial charge in [0.15, 0.2) is 0 Å². The molecule has 3 aromatic heterocycles. The third-order valence-electron chi connectivity index (χ3n) is 6.89. The zero-order chi connectivity index (χ0) is 28.1. The molecule has 0 radical (unpaired) electrons. The molecule has 0 unspecified atom stereocenters. The van der Waals surface area contributed by atoms with Crippen molar-refractivity contribution in [2.24, 2.45) is 10.7 Å². The molecule has 1 aromatic carbocycles. The van der Waals surface area contributed by atoms with Crippen molar-refractivity contribution < 1.29 is 8.78 Å². The SMILES string of the molecule is CSc1ccc(CN2CCN(c3ccc(-c4cc(C(C=NC(F)F)=CN)cn5ncc(C#N)c45)cn3)CC2)cc1. The molecule has 0 spiro atoms. The number of fused-ring (bicyclic) bond motifs is 1. The van der Waals surface area contributed by atoms with Crippen molar-refractivity contribution in [1.82, 2.24) is 19.5 Å². The predicted molar refractivity (Wildman–Crippen MR) is 156 cm³/mol. The molecule has 4 aromatic rings. The van der Waals surface area contributed by atoms with E-state index >= 15 is 0 Å². The Hall–Kier alpha value is -4.27. The maximum atomic E-state index is 12.7. The molecule has 0 saturated carbocycles. The number of benzene rings is 1. The van der Waals surface area contributed by atoms with Crippen molar-refractivity contribution in [2.75, 3.05) is 37.3 Å². The second kappa shape index (κ2) is 12.3. The summed E-state index contributed by atoms with van der Waals surface area (Å²) >= 11 is 1.75. The summed E-state index contributed by atoms with van der Waals surface area (Å²) in [5, 5.41) is 13.9. The van der Waals surface area contributed by atoms with E-state index in [1.54, 1.807) is 34.7 Å². The molecule has 8 nitrogen and oxygen atoms in total. The molecule has 4 heterocycles. The van der Waals surface area contributed by atoms with E-state index in [1.807, 2.05) is 12.1 Å². The van der Waals surface area contributed by atoms with E-state index in [4.69, 9.17) is 10.7 Å². The monoisotopic (exact) mass is 558 g/mol. The Morgan fingerprint density at radius 2 is 1.93 bits per heavy atom. The van der Waals surface area contributed by atoms with Gasteiger partial charge in [-0.05, 0) is 42.2 Å². The minimum Gasteiger partial charge on any atom is -0.404 e. The van der Waals surface area contributed by atoms with Gasteiger partial charge in [-0.3, -0.25) is 4.90 Å². The van der Waals surface area contributed by atoms with Crippen LogP contribution in [-0.2, 0) is 6.54 Å². The number of anilines is 1. The van der Waals surface area contributed by atoms with Gasteiger partial charge >= 0.3 is 6.55 Å². The Morgan fingerprint density at radius 3 is 2.55 bits per heavy atom. The van der Waals surface area contributed by atoms with Gasteiger partial charge in [0.1, 0.15) is 11.9 Å². The van der Waals surface area contributed by atoms with Gasteiger partial charge in [-0.2, -0.15) is 19.1 Å². The summed E-state index contributed by atoms with van der Waals surface area (Å²) < 4.78 is 26.9.